The maximum atomic E-state index is 9.23. The van der Waals surface area contributed by atoms with E-state index >= 15 is 0 Å². The molecule has 0 saturated carbocycles. The topological polar surface area (TPSA) is 32.7 Å². The van der Waals surface area contributed by atoms with Gasteiger partial charge in [-0.3, -0.25) is 4.90 Å². The van der Waals surface area contributed by atoms with Crippen LogP contribution in [0.15, 0.2) is 18.2 Å². The highest BCUT2D eigenvalue weighted by Gasteiger charge is 2.19. The molecule has 1 aliphatic rings. The number of likely N-dealkylation sites (tertiary alicyclic amines) is 1. The molecule has 1 fully saturated rings. The Bertz CT molecular complexity index is 392. The molecule has 2 rings (SSSR count). The summed E-state index contributed by atoms with van der Waals surface area (Å²) in [6.45, 7) is 4.46. The molecule has 0 spiro atoms. The SMILES string of the molecule is COc1ccc(CO)cc1CN1CCCCC1C. The molecule has 100 valence electrons. The maximum Gasteiger partial charge on any atom is 0.123 e. The van der Waals surface area contributed by atoms with E-state index in [2.05, 4.69) is 17.9 Å². The first-order valence-corrected chi connectivity index (χ1v) is 6.75. The van der Waals surface area contributed by atoms with Crippen LogP contribution in [0.3, 0.4) is 0 Å². The Morgan fingerprint density at radius 1 is 1.39 bits per heavy atom. The lowest BCUT2D eigenvalue weighted by Crippen LogP contribution is -2.36. The first-order valence-electron chi connectivity index (χ1n) is 6.75. The summed E-state index contributed by atoms with van der Waals surface area (Å²) >= 11 is 0. The number of hydrogen-bond acceptors (Lipinski definition) is 3. The molecular weight excluding hydrogens is 226 g/mol. The summed E-state index contributed by atoms with van der Waals surface area (Å²) in [5.74, 6) is 0.921. The molecule has 1 saturated heterocycles. The van der Waals surface area contributed by atoms with Crippen molar-refractivity contribution < 1.29 is 9.84 Å². The van der Waals surface area contributed by atoms with E-state index in [9.17, 15) is 5.11 Å². The van der Waals surface area contributed by atoms with Crippen molar-refractivity contribution in [2.24, 2.45) is 0 Å². The number of rotatable bonds is 4. The van der Waals surface area contributed by atoms with Crippen LogP contribution in [0.25, 0.3) is 0 Å². The van der Waals surface area contributed by atoms with Gasteiger partial charge in [-0.15, -0.1) is 0 Å². The Morgan fingerprint density at radius 3 is 2.89 bits per heavy atom. The number of methoxy groups -OCH3 is 1. The lowest BCUT2D eigenvalue weighted by Gasteiger charge is -2.33. The fourth-order valence-corrected chi connectivity index (χ4v) is 2.67. The Kier molecular flexibility index (Phi) is 4.61. The van der Waals surface area contributed by atoms with Crippen molar-refractivity contribution >= 4 is 0 Å². The number of aliphatic hydroxyl groups is 1. The zero-order valence-electron chi connectivity index (χ0n) is 11.4. The van der Waals surface area contributed by atoms with Gasteiger partial charge in [0, 0.05) is 18.2 Å². The Hall–Kier alpha value is -1.06. The molecule has 0 aromatic heterocycles. The molecular formula is C15H23NO2. The van der Waals surface area contributed by atoms with Gasteiger partial charge >= 0.3 is 0 Å². The average molecular weight is 249 g/mol. The van der Waals surface area contributed by atoms with Gasteiger partial charge < -0.3 is 9.84 Å². The predicted molar refractivity (Wildman–Crippen MR) is 72.6 cm³/mol. The highest BCUT2D eigenvalue weighted by Crippen LogP contribution is 2.25. The van der Waals surface area contributed by atoms with Crippen molar-refractivity contribution in [2.45, 2.75) is 45.4 Å². The van der Waals surface area contributed by atoms with E-state index in [1.54, 1.807) is 7.11 Å². The first kappa shape index (κ1) is 13.4. The second kappa shape index (κ2) is 6.21. The number of hydrogen-bond donors (Lipinski definition) is 1. The summed E-state index contributed by atoms with van der Waals surface area (Å²) in [4.78, 5) is 2.50. The molecule has 1 N–H and O–H groups in total. The van der Waals surface area contributed by atoms with Crippen molar-refractivity contribution in [1.82, 2.24) is 4.90 Å². The summed E-state index contributed by atoms with van der Waals surface area (Å²) < 4.78 is 5.41. The number of aliphatic hydroxyl groups excluding tert-OH is 1. The van der Waals surface area contributed by atoms with Crippen LogP contribution in [0.2, 0.25) is 0 Å². The average Bonchev–Trinajstić information content (AvgIpc) is 2.41. The molecule has 3 nitrogen and oxygen atoms in total. The molecule has 0 bridgehead atoms. The van der Waals surface area contributed by atoms with Crippen LogP contribution in [-0.2, 0) is 13.2 Å². The molecule has 1 aromatic carbocycles. The minimum Gasteiger partial charge on any atom is -0.496 e. The zero-order chi connectivity index (χ0) is 13.0. The van der Waals surface area contributed by atoms with Gasteiger partial charge in [0.15, 0.2) is 0 Å². The minimum atomic E-state index is 0.0898. The molecule has 18 heavy (non-hydrogen) atoms. The highest BCUT2D eigenvalue weighted by atomic mass is 16.5. The van der Waals surface area contributed by atoms with Gasteiger partial charge in [-0.05, 0) is 44.0 Å². The van der Waals surface area contributed by atoms with Crippen molar-refractivity contribution in [1.29, 1.82) is 0 Å². The summed E-state index contributed by atoms with van der Waals surface area (Å²) in [7, 11) is 1.71. The van der Waals surface area contributed by atoms with E-state index in [-0.39, 0.29) is 6.61 Å². The molecule has 1 aromatic rings. The van der Waals surface area contributed by atoms with Gasteiger partial charge in [-0.25, -0.2) is 0 Å². The van der Waals surface area contributed by atoms with E-state index < -0.39 is 0 Å². The van der Waals surface area contributed by atoms with Gasteiger partial charge in [-0.1, -0.05) is 12.5 Å². The monoisotopic (exact) mass is 249 g/mol. The van der Waals surface area contributed by atoms with E-state index in [4.69, 9.17) is 4.74 Å². The second-order valence-electron chi connectivity index (χ2n) is 5.12. The van der Waals surface area contributed by atoms with Crippen molar-refractivity contribution in [3.63, 3.8) is 0 Å². The van der Waals surface area contributed by atoms with Crippen LogP contribution in [0.4, 0.5) is 0 Å². The molecule has 1 heterocycles. The second-order valence-corrected chi connectivity index (χ2v) is 5.12. The predicted octanol–water partition coefficient (Wildman–Crippen LogP) is 2.56. The molecule has 0 amide bonds. The van der Waals surface area contributed by atoms with Gasteiger partial charge in [-0.2, -0.15) is 0 Å². The summed E-state index contributed by atoms with van der Waals surface area (Å²) in [5, 5.41) is 9.23. The molecule has 0 radical (unpaired) electrons. The van der Waals surface area contributed by atoms with E-state index in [0.29, 0.717) is 6.04 Å². The number of benzene rings is 1. The quantitative estimate of drug-likeness (QED) is 0.890. The number of ether oxygens (including phenoxy) is 1. The third-order valence-electron chi connectivity index (χ3n) is 3.84. The van der Waals surface area contributed by atoms with E-state index in [1.165, 1.54) is 24.8 Å². The number of nitrogens with zero attached hydrogens (tertiary/aromatic N) is 1. The van der Waals surface area contributed by atoms with Crippen molar-refractivity contribution in [2.75, 3.05) is 13.7 Å². The third-order valence-corrected chi connectivity index (χ3v) is 3.84. The largest absolute Gasteiger partial charge is 0.496 e. The van der Waals surface area contributed by atoms with Crippen molar-refractivity contribution in [3.05, 3.63) is 29.3 Å². The van der Waals surface area contributed by atoms with Crippen LogP contribution in [0.5, 0.6) is 5.75 Å². The highest BCUT2D eigenvalue weighted by molar-refractivity contribution is 5.37. The van der Waals surface area contributed by atoms with Crippen LogP contribution < -0.4 is 4.74 Å². The third kappa shape index (κ3) is 3.03. The Labute approximate surface area is 109 Å². The molecule has 1 atom stereocenters. The summed E-state index contributed by atoms with van der Waals surface area (Å²) in [6, 6.07) is 6.57. The van der Waals surface area contributed by atoms with E-state index in [0.717, 1.165) is 24.4 Å². The lowest BCUT2D eigenvalue weighted by atomic mass is 10.0. The lowest BCUT2D eigenvalue weighted by molar-refractivity contribution is 0.151. The fourth-order valence-electron chi connectivity index (χ4n) is 2.67. The van der Waals surface area contributed by atoms with Gasteiger partial charge in [0.25, 0.3) is 0 Å². The summed E-state index contributed by atoms with van der Waals surface area (Å²) in [6.07, 6.45) is 3.90. The van der Waals surface area contributed by atoms with Gasteiger partial charge in [0.2, 0.25) is 0 Å². The van der Waals surface area contributed by atoms with Crippen molar-refractivity contribution in [3.8, 4) is 5.75 Å². The number of piperidine rings is 1. The standard InChI is InChI=1S/C15H23NO2/c1-12-5-3-4-8-16(12)10-14-9-13(11-17)6-7-15(14)18-2/h6-7,9,12,17H,3-5,8,10-11H2,1-2H3. The zero-order valence-corrected chi connectivity index (χ0v) is 11.4. The smallest absolute Gasteiger partial charge is 0.123 e. The van der Waals surface area contributed by atoms with Gasteiger partial charge in [0.05, 0.1) is 13.7 Å². The van der Waals surface area contributed by atoms with Crippen LogP contribution in [0, 0.1) is 0 Å². The molecule has 0 aliphatic carbocycles. The molecule has 1 unspecified atom stereocenters. The maximum absolute atomic E-state index is 9.23. The van der Waals surface area contributed by atoms with Crippen LogP contribution in [0.1, 0.15) is 37.3 Å². The van der Waals surface area contributed by atoms with Crippen LogP contribution >= 0.6 is 0 Å². The molecule has 3 heteroatoms. The normalized spacial score (nSPS) is 20.9. The van der Waals surface area contributed by atoms with Gasteiger partial charge in [0.1, 0.15) is 5.75 Å². The molecule has 1 aliphatic heterocycles. The van der Waals surface area contributed by atoms with Crippen LogP contribution in [-0.4, -0.2) is 29.7 Å². The fraction of sp³-hybridized carbons (Fsp3) is 0.600. The summed E-state index contributed by atoms with van der Waals surface area (Å²) in [5.41, 5.74) is 2.13. The Morgan fingerprint density at radius 2 is 2.22 bits per heavy atom. The minimum absolute atomic E-state index is 0.0898. The first-order chi connectivity index (χ1) is 8.74. The van der Waals surface area contributed by atoms with E-state index in [1.807, 2.05) is 12.1 Å². The Balaban J connectivity index is 2.15.